The van der Waals surface area contributed by atoms with Crippen LogP contribution in [0.25, 0.3) is 0 Å². The molecule has 0 radical (unpaired) electrons. The van der Waals surface area contributed by atoms with E-state index in [9.17, 15) is 13.6 Å². The van der Waals surface area contributed by atoms with Crippen LogP contribution in [0.4, 0.5) is 8.78 Å². The van der Waals surface area contributed by atoms with Crippen LogP contribution in [0.1, 0.15) is 37.8 Å². The lowest BCUT2D eigenvalue weighted by Crippen LogP contribution is -2.47. The summed E-state index contributed by atoms with van der Waals surface area (Å²) in [5.74, 6) is 0.0938. The van der Waals surface area contributed by atoms with Gasteiger partial charge in [0, 0.05) is 0 Å². The number of alkyl halides is 2. The summed E-state index contributed by atoms with van der Waals surface area (Å²) in [6.45, 7) is -0.0964. The summed E-state index contributed by atoms with van der Waals surface area (Å²) in [6, 6.07) is 5.99. The van der Waals surface area contributed by atoms with Crippen molar-refractivity contribution >= 4 is 5.91 Å². The van der Waals surface area contributed by atoms with Crippen molar-refractivity contribution in [1.82, 2.24) is 10.6 Å². The van der Waals surface area contributed by atoms with E-state index in [0.717, 1.165) is 31.4 Å². The average molecular weight is 298 g/mol. The molecular formula is C15H20F2N2O2. The van der Waals surface area contributed by atoms with E-state index in [4.69, 9.17) is 0 Å². The third-order valence-corrected chi connectivity index (χ3v) is 3.59. The first-order valence-electron chi connectivity index (χ1n) is 7.15. The third kappa shape index (κ3) is 4.67. The normalized spacial score (nSPS) is 20.1. The highest BCUT2D eigenvalue weighted by atomic mass is 19.3. The fourth-order valence-corrected chi connectivity index (χ4v) is 2.41. The molecule has 21 heavy (non-hydrogen) atoms. The Hall–Kier alpha value is -1.69. The van der Waals surface area contributed by atoms with Crippen LogP contribution in [-0.2, 0) is 4.79 Å². The average Bonchev–Trinajstić information content (AvgIpc) is 2.48. The van der Waals surface area contributed by atoms with Crippen molar-refractivity contribution in [3.05, 3.63) is 29.8 Å². The van der Waals surface area contributed by atoms with Crippen molar-refractivity contribution in [2.75, 3.05) is 6.54 Å². The number of nitrogens with one attached hydrogen (secondary N) is 2. The number of hydrogen-bond acceptors (Lipinski definition) is 3. The maximum absolute atomic E-state index is 12.1. The zero-order chi connectivity index (χ0) is 15.2. The SMILES string of the molecule is CC(NC(=O)C1CCCCN1)c1ccc(OC(F)F)cc1. The van der Waals surface area contributed by atoms with Gasteiger partial charge in [-0.2, -0.15) is 8.78 Å². The molecule has 1 amide bonds. The van der Waals surface area contributed by atoms with E-state index < -0.39 is 6.61 Å². The molecule has 2 atom stereocenters. The minimum Gasteiger partial charge on any atom is -0.435 e. The number of piperidine rings is 1. The highest BCUT2D eigenvalue weighted by Crippen LogP contribution is 2.19. The standard InChI is InChI=1S/C15H20F2N2O2/c1-10(19-14(20)13-4-2-3-9-18-13)11-5-7-12(8-6-11)21-15(16)17/h5-8,10,13,15,18H,2-4,9H2,1H3,(H,19,20). The van der Waals surface area contributed by atoms with Gasteiger partial charge in [0.2, 0.25) is 5.91 Å². The van der Waals surface area contributed by atoms with Crippen molar-refractivity contribution in [1.29, 1.82) is 0 Å². The van der Waals surface area contributed by atoms with Crippen molar-refractivity contribution in [2.24, 2.45) is 0 Å². The van der Waals surface area contributed by atoms with Crippen LogP contribution in [0.15, 0.2) is 24.3 Å². The molecule has 0 aliphatic carbocycles. The molecule has 1 aromatic carbocycles. The van der Waals surface area contributed by atoms with Crippen molar-refractivity contribution in [3.8, 4) is 5.75 Å². The zero-order valence-electron chi connectivity index (χ0n) is 11.9. The van der Waals surface area contributed by atoms with Crippen LogP contribution in [0.5, 0.6) is 5.75 Å². The van der Waals surface area contributed by atoms with Gasteiger partial charge in [-0.25, -0.2) is 0 Å². The molecule has 1 aromatic rings. The van der Waals surface area contributed by atoms with Crippen LogP contribution in [0, 0.1) is 0 Å². The Morgan fingerprint density at radius 2 is 2.05 bits per heavy atom. The first kappa shape index (κ1) is 15.7. The van der Waals surface area contributed by atoms with E-state index in [1.807, 2.05) is 6.92 Å². The van der Waals surface area contributed by atoms with Gasteiger partial charge in [-0.05, 0) is 44.0 Å². The van der Waals surface area contributed by atoms with Crippen LogP contribution < -0.4 is 15.4 Å². The van der Waals surface area contributed by atoms with E-state index >= 15 is 0 Å². The molecule has 116 valence electrons. The summed E-state index contributed by atoms with van der Waals surface area (Å²) >= 11 is 0. The lowest BCUT2D eigenvalue weighted by atomic mass is 10.0. The van der Waals surface area contributed by atoms with Crippen LogP contribution in [0.3, 0.4) is 0 Å². The van der Waals surface area contributed by atoms with Crippen LogP contribution in [0.2, 0.25) is 0 Å². The molecule has 2 N–H and O–H groups in total. The van der Waals surface area contributed by atoms with Gasteiger partial charge in [0.1, 0.15) is 5.75 Å². The monoisotopic (exact) mass is 298 g/mol. The third-order valence-electron chi connectivity index (χ3n) is 3.59. The van der Waals surface area contributed by atoms with Gasteiger partial charge in [0.25, 0.3) is 0 Å². The highest BCUT2D eigenvalue weighted by Gasteiger charge is 2.22. The van der Waals surface area contributed by atoms with E-state index in [-0.39, 0.29) is 23.7 Å². The van der Waals surface area contributed by atoms with Gasteiger partial charge in [-0.15, -0.1) is 0 Å². The van der Waals surface area contributed by atoms with Gasteiger partial charge < -0.3 is 15.4 Å². The molecule has 2 rings (SSSR count). The van der Waals surface area contributed by atoms with E-state index in [0.29, 0.717) is 0 Å². The minimum atomic E-state index is -2.83. The second kappa shape index (κ2) is 7.36. The Bertz CT molecular complexity index is 459. The summed E-state index contributed by atoms with van der Waals surface area (Å²) in [7, 11) is 0. The topological polar surface area (TPSA) is 50.4 Å². The maximum Gasteiger partial charge on any atom is 0.387 e. The zero-order valence-corrected chi connectivity index (χ0v) is 11.9. The molecule has 0 bridgehead atoms. The number of amides is 1. The van der Waals surface area contributed by atoms with Gasteiger partial charge >= 0.3 is 6.61 Å². The fraction of sp³-hybridized carbons (Fsp3) is 0.533. The Morgan fingerprint density at radius 1 is 1.33 bits per heavy atom. The Labute approximate surface area is 122 Å². The number of rotatable bonds is 5. The van der Waals surface area contributed by atoms with Gasteiger partial charge in [0.15, 0.2) is 0 Å². The Kier molecular flexibility index (Phi) is 5.50. The van der Waals surface area contributed by atoms with E-state index in [1.165, 1.54) is 12.1 Å². The number of carbonyl (C=O) groups is 1. The summed E-state index contributed by atoms with van der Waals surface area (Å²) in [5.41, 5.74) is 0.848. The summed E-state index contributed by atoms with van der Waals surface area (Å²) in [4.78, 5) is 12.1. The Morgan fingerprint density at radius 3 is 2.62 bits per heavy atom. The fourth-order valence-electron chi connectivity index (χ4n) is 2.41. The van der Waals surface area contributed by atoms with Crippen LogP contribution >= 0.6 is 0 Å². The van der Waals surface area contributed by atoms with E-state index in [1.54, 1.807) is 12.1 Å². The smallest absolute Gasteiger partial charge is 0.387 e. The molecule has 1 aliphatic rings. The molecule has 1 fully saturated rings. The quantitative estimate of drug-likeness (QED) is 0.878. The van der Waals surface area contributed by atoms with Crippen molar-refractivity contribution in [3.63, 3.8) is 0 Å². The number of ether oxygens (including phenoxy) is 1. The molecule has 1 saturated heterocycles. The first-order valence-corrected chi connectivity index (χ1v) is 7.15. The molecule has 0 aromatic heterocycles. The van der Waals surface area contributed by atoms with E-state index in [2.05, 4.69) is 15.4 Å². The maximum atomic E-state index is 12.1. The number of halogens is 2. The highest BCUT2D eigenvalue weighted by molar-refractivity contribution is 5.82. The van der Waals surface area contributed by atoms with Crippen molar-refractivity contribution < 1.29 is 18.3 Å². The molecule has 1 aliphatic heterocycles. The van der Waals surface area contributed by atoms with Gasteiger partial charge in [-0.1, -0.05) is 18.6 Å². The summed E-state index contributed by atoms with van der Waals surface area (Å²) < 4.78 is 28.4. The Balaban J connectivity index is 1.90. The molecular weight excluding hydrogens is 278 g/mol. The number of carbonyl (C=O) groups excluding carboxylic acids is 1. The van der Waals surface area contributed by atoms with Gasteiger partial charge in [0.05, 0.1) is 12.1 Å². The molecule has 4 nitrogen and oxygen atoms in total. The lowest BCUT2D eigenvalue weighted by molar-refractivity contribution is -0.124. The molecule has 0 spiro atoms. The molecule has 6 heteroatoms. The number of hydrogen-bond donors (Lipinski definition) is 2. The van der Waals surface area contributed by atoms with Gasteiger partial charge in [-0.3, -0.25) is 4.79 Å². The predicted octanol–water partition coefficient (Wildman–Crippen LogP) is 2.61. The van der Waals surface area contributed by atoms with Crippen molar-refractivity contribution in [2.45, 2.75) is 44.9 Å². The molecule has 1 heterocycles. The second-order valence-electron chi connectivity index (χ2n) is 5.18. The molecule has 0 saturated carbocycles. The second-order valence-corrected chi connectivity index (χ2v) is 5.18. The largest absolute Gasteiger partial charge is 0.435 e. The number of benzene rings is 1. The molecule has 2 unspecified atom stereocenters. The predicted molar refractivity (Wildman–Crippen MR) is 75.3 cm³/mol. The minimum absolute atomic E-state index is 0.0184. The van der Waals surface area contributed by atoms with Crippen LogP contribution in [-0.4, -0.2) is 25.1 Å². The summed E-state index contributed by atoms with van der Waals surface area (Å²) in [5, 5.41) is 6.13. The summed E-state index contributed by atoms with van der Waals surface area (Å²) in [6.07, 6.45) is 3.00. The lowest BCUT2D eigenvalue weighted by Gasteiger charge is -2.24. The first-order chi connectivity index (χ1) is 10.1.